The molecule has 0 unspecified atom stereocenters. The highest BCUT2D eigenvalue weighted by Gasteiger charge is 2.12. The molecule has 5 heteroatoms. The average Bonchev–Trinajstić information content (AvgIpc) is 2.31. The largest absolute Gasteiger partial charge is 0.384 e. The van der Waals surface area contributed by atoms with Crippen molar-refractivity contribution < 1.29 is 4.74 Å². The van der Waals surface area contributed by atoms with Crippen molar-refractivity contribution in [3.05, 3.63) is 15.1 Å². The smallest absolute Gasteiger partial charge is 0.143 e. The van der Waals surface area contributed by atoms with Gasteiger partial charge in [-0.2, -0.15) is 0 Å². The summed E-state index contributed by atoms with van der Waals surface area (Å²) in [6.07, 6.45) is 1.75. The third kappa shape index (κ3) is 4.68. The maximum atomic E-state index is 5.09. The summed E-state index contributed by atoms with van der Waals surface area (Å²) in [4.78, 5) is 9.21. The summed E-state index contributed by atoms with van der Waals surface area (Å²) in [6, 6.07) is 0. The number of ether oxygens (including phenoxy) is 1. The van der Waals surface area contributed by atoms with Crippen molar-refractivity contribution in [2.45, 2.75) is 33.6 Å². The standard InChI is InChI=1S/C13H22IN3O/c1-5-15-13-12(14)10(8-9(2)3)16-11(17-13)6-7-18-4/h9H,5-8H2,1-4H3,(H,15,16,17). The van der Waals surface area contributed by atoms with E-state index in [1.807, 2.05) is 0 Å². The van der Waals surface area contributed by atoms with Gasteiger partial charge < -0.3 is 10.1 Å². The maximum Gasteiger partial charge on any atom is 0.143 e. The van der Waals surface area contributed by atoms with E-state index >= 15 is 0 Å². The van der Waals surface area contributed by atoms with Crippen LogP contribution in [-0.4, -0.2) is 30.2 Å². The Morgan fingerprint density at radius 3 is 2.61 bits per heavy atom. The van der Waals surface area contributed by atoms with Crippen molar-refractivity contribution in [3.8, 4) is 0 Å². The normalized spacial score (nSPS) is 11.0. The molecule has 1 heterocycles. The van der Waals surface area contributed by atoms with Crippen molar-refractivity contribution in [2.24, 2.45) is 5.92 Å². The Labute approximate surface area is 123 Å². The van der Waals surface area contributed by atoms with Gasteiger partial charge in [0.25, 0.3) is 0 Å². The number of anilines is 1. The molecule has 0 aliphatic heterocycles. The van der Waals surface area contributed by atoms with E-state index < -0.39 is 0 Å². The Morgan fingerprint density at radius 1 is 1.33 bits per heavy atom. The van der Waals surface area contributed by atoms with Crippen LogP contribution in [0.2, 0.25) is 0 Å². The van der Waals surface area contributed by atoms with Gasteiger partial charge in [0, 0.05) is 20.1 Å². The maximum absolute atomic E-state index is 5.09. The first-order valence-corrected chi connectivity index (χ1v) is 7.44. The molecule has 1 N–H and O–H groups in total. The second kappa shape index (κ2) is 7.89. The zero-order chi connectivity index (χ0) is 13.5. The highest BCUT2D eigenvalue weighted by atomic mass is 127. The fourth-order valence-corrected chi connectivity index (χ4v) is 2.31. The summed E-state index contributed by atoms with van der Waals surface area (Å²) in [5, 5.41) is 3.31. The van der Waals surface area contributed by atoms with E-state index in [9.17, 15) is 0 Å². The minimum absolute atomic E-state index is 0.596. The van der Waals surface area contributed by atoms with Gasteiger partial charge in [-0.3, -0.25) is 0 Å². The summed E-state index contributed by atoms with van der Waals surface area (Å²) in [5.41, 5.74) is 1.14. The van der Waals surface area contributed by atoms with Crippen LogP contribution in [0.15, 0.2) is 0 Å². The lowest BCUT2D eigenvalue weighted by Crippen LogP contribution is -2.12. The third-order valence-electron chi connectivity index (χ3n) is 2.44. The molecule has 0 spiro atoms. The number of aromatic nitrogens is 2. The van der Waals surface area contributed by atoms with E-state index in [1.54, 1.807) is 7.11 Å². The molecule has 1 aromatic rings. The molecule has 0 aliphatic rings. The highest BCUT2D eigenvalue weighted by Crippen LogP contribution is 2.21. The number of nitrogens with one attached hydrogen (secondary N) is 1. The number of hydrogen-bond acceptors (Lipinski definition) is 4. The molecule has 1 rings (SSSR count). The molecule has 0 radical (unpaired) electrons. The first kappa shape index (κ1) is 15.6. The number of halogens is 1. The SMILES string of the molecule is CCNc1nc(CCOC)nc(CC(C)C)c1I. The number of methoxy groups -OCH3 is 1. The fraction of sp³-hybridized carbons (Fsp3) is 0.692. The summed E-state index contributed by atoms with van der Waals surface area (Å²) in [6.45, 7) is 8.03. The first-order chi connectivity index (χ1) is 8.58. The Hall–Kier alpha value is -0.430. The Kier molecular flexibility index (Phi) is 6.85. The van der Waals surface area contributed by atoms with Crippen LogP contribution in [0.5, 0.6) is 0 Å². The highest BCUT2D eigenvalue weighted by molar-refractivity contribution is 14.1. The number of rotatable bonds is 7. The first-order valence-electron chi connectivity index (χ1n) is 6.36. The fourth-order valence-electron chi connectivity index (χ4n) is 1.66. The van der Waals surface area contributed by atoms with Crippen LogP contribution >= 0.6 is 22.6 Å². The summed E-state index contributed by atoms with van der Waals surface area (Å²) >= 11 is 2.33. The van der Waals surface area contributed by atoms with E-state index in [-0.39, 0.29) is 0 Å². The molecule has 0 amide bonds. The van der Waals surface area contributed by atoms with Crippen LogP contribution in [-0.2, 0) is 17.6 Å². The van der Waals surface area contributed by atoms with Crippen LogP contribution in [0, 0.1) is 9.49 Å². The lowest BCUT2D eigenvalue weighted by atomic mass is 10.1. The van der Waals surface area contributed by atoms with Gasteiger partial charge in [-0.25, -0.2) is 9.97 Å². The zero-order valence-corrected chi connectivity index (χ0v) is 13.7. The van der Waals surface area contributed by atoms with E-state index in [1.165, 1.54) is 0 Å². The Bertz CT molecular complexity index is 383. The van der Waals surface area contributed by atoms with Gasteiger partial charge in [-0.05, 0) is 41.9 Å². The molecule has 0 saturated heterocycles. The van der Waals surface area contributed by atoms with Crippen LogP contribution in [0.4, 0.5) is 5.82 Å². The summed E-state index contributed by atoms with van der Waals surface area (Å²) in [5.74, 6) is 2.41. The predicted octanol–water partition coefficient (Wildman–Crippen LogP) is 2.90. The molecule has 0 atom stereocenters. The minimum Gasteiger partial charge on any atom is -0.384 e. The molecule has 18 heavy (non-hydrogen) atoms. The molecule has 1 aromatic heterocycles. The molecule has 0 saturated carbocycles. The Morgan fingerprint density at radius 2 is 2.06 bits per heavy atom. The quantitative estimate of drug-likeness (QED) is 0.757. The second-order valence-corrected chi connectivity index (χ2v) is 5.70. The van der Waals surface area contributed by atoms with Crippen molar-refractivity contribution in [1.29, 1.82) is 0 Å². The van der Waals surface area contributed by atoms with E-state index in [4.69, 9.17) is 4.74 Å². The predicted molar refractivity (Wildman–Crippen MR) is 83.0 cm³/mol. The molecule has 4 nitrogen and oxygen atoms in total. The summed E-state index contributed by atoms with van der Waals surface area (Å²) in [7, 11) is 1.70. The van der Waals surface area contributed by atoms with E-state index in [0.29, 0.717) is 12.5 Å². The lowest BCUT2D eigenvalue weighted by molar-refractivity contribution is 0.200. The van der Waals surface area contributed by atoms with E-state index in [0.717, 1.165) is 40.3 Å². The van der Waals surface area contributed by atoms with E-state index in [2.05, 4.69) is 58.6 Å². The van der Waals surface area contributed by atoms with Gasteiger partial charge in [0.05, 0.1) is 15.9 Å². The van der Waals surface area contributed by atoms with Gasteiger partial charge in [0.2, 0.25) is 0 Å². The van der Waals surface area contributed by atoms with Gasteiger partial charge >= 0.3 is 0 Å². The molecular weight excluding hydrogens is 341 g/mol. The third-order valence-corrected chi connectivity index (χ3v) is 3.58. The van der Waals surface area contributed by atoms with Crippen molar-refractivity contribution in [1.82, 2.24) is 9.97 Å². The van der Waals surface area contributed by atoms with Crippen LogP contribution < -0.4 is 5.32 Å². The monoisotopic (exact) mass is 363 g/mol. The molecule has 0 aliphatic carbocycles. The van der Waals surface area contributed by atoms with Gasteiger partial charge in [-0.15, -0.1) is 0 Å². The van der Waals surface area contributed by atoms with Crippen LogP contribution in [0.3, 0.4) is 0 Å². The molecule has 0 bridgehead atoms. The molecule has 0 fully saturated rings. The van der Waals surface area contributed by atoms with Crippen molar-refractivity contribution in [3.63, 3.8) is 0 Å². The van der Waals surface area contributed by atoms with Crippen molar-refractivity contribution in [2.75, 3.05) is 25.6 Å². The van der Waals surface area contributed by atoms with Crippen LogP contribution in [0.1, 0.15) is 32.3 Å². The minimum atomic E-state index is 0.596. The number of hydrogen-bond donors (Lipinski definition) is 1. The zero-order valence-electron chi connectivity index (χ0n) is 11.6. The average molecular weight is 363 g/mol. The van der Waals surface area contributed by atoms with Gasteiger partial charge in [-0.1, -0.05) is 13.8 Å². The summed E-state index contributed by atoms with van der Waals surface area (Å²) < 4.78 is 6.24. The molecule has 102 valence electrons. The van der Waals surface area contributed by atoms with Gasteiger partial charge in [0.1, 0.15) is 11.6 Å². The second-order valence-electron chi connectivity index (χ2n) is 4.62. The number of nitrogens with zero attached hydrogens (tertiary/aromatic N) is 2. The lowest BCUT2D eigenvalue weighted by Gasteiger charge is -2.13. The Balaban J connectivity index is 3.02. The molecule has 0 aromatic carbocycles. The van der Waals surface area contributed by atoms with Gasteiger partial charge in [0.15, 0.2) is 0 Å². The van der Waals surface area contributed by atoms with Crippen molar-refractivity contribution >= 4 is 28.4 Å². The van der Waals surface area contributed by atoms with Crippen LogP contribution in [0.25, 0.3) is 0 Å². The topological polar surface area (TPSA) is 47.0 Å². The molecular formula is C13H22IN3O.